The normalized spacial score (nSPS) is 11.7. The number of methoxy groups -OCH3 is 1. The van der Waals surface area contributed by atoms with Crippen molar-refractivity contribution in [3.05, 3.63) is 35.6 Å². The Morgan fingerprint density at radius 3 is 2.78 bits per heavy atom. The van der Waals surface area contributed by atoms with Crippen LogP contribution in [0.5, 0.6) is 0 Å². The molecule has 1 aromatic rings. The Hall–Kier alpha value is -1.95. The highest BCUT2D eigenvalue weighted by Crippen LogP contribution is 2.07. The molecule has 0 fully saturated rings. The zero-order chi connectivity index (χ0) is 13.5. The Morgan fingerprint density at radius 1 is 1.50 bits per heavy atom. The van der Waals surface area contributed by atoms with Gasteiger partial charge in [0.15, 0.2) is 0 Å². The lowest BCUT2D eigenvalue weighted by atomic mass is 10.1. The fourth-order valence-corrected chi connectivity index (χ4v) is 1.48. The molecule has 0 saturated carbocycles. The number of carbonyl (C=O) groups is 2. The number of hydrogen-bond donors (Lipinski definition) is 2. The number of hydrogen-bond acceptors (Lipinski definition) is 4. The summed E-state index contributed by atoms with van der Waals surface area (Å²) in [6.45, 7) is -0.726. The minimum atomic E-state index is -0.948. The van der Waals surface area contributed by atoms with Gasteiger partial charge in [0.1, 0.15) is 18.5 Å². The molecule has 1 atom stereocenters. The van der Waals surface area contributed by atoms with Gasteiger partial charge in [-0.05, 0) is 17.7 Å². The SMILES string of the molecule is COC(=O)[C@H](Cc1cccc(F)c1)NC(=O)CO. The number of aliphatic hydroxyl groups is 1. The number of nitrogens with one attached hydrogen (secondary N) is 1. The number of carbonyl (C=O) groups excluding carboxylic acids is 2. The van der Waals surface area contributed by atoms with Crippen LogP contribution in [0.1, 0.15) is 5.56 Å². The highest BCUT2D eigenvalue weighted by Gasteiger charge is 2.21. The zero-order valence-corrected chi connectivity index (χ0v) is 9.85. The Kier molecular flexibility index (Phi) is 5.26. The molecule has 1 amide bonds. The van der Waals surface area contributed by atoms with Gasteiger partial charge >= 0.3 is 5.97 Å². The van der Waals surface area contributed by atoms with Crippen LogP contribution in [-0.4, -0.2) is 36.7 Å². The van der Waals surface area contributed by atoms with E-state index in [9.17, 15) is 14.0 Å². The summed E-state index contributed by atoms with van der Waals surface area (Å²) in [7, 11) is 1.19. The number of benzene rings is 1. The maximum atomic E-state index is 13.0. The first kappa shape index (κ1) is 14.1. The number of amides is 1. The van der Waals surface area contributed by atoms with Crippen LogP contribution in [0.4, 0.5) is 4.39 Å². The predicted molar refractivity (Wildman–Crippen MR) is 61.1 cm³/mol. The van der Waals surface area contributed by atoms with Gasteiger partial charge in [0.25, 0.3) is 0 Å². The zero-order valence-electron chi connectivity index (χ0n) is 9.85. The molecule has 0 spiro atoms. The van der Waals surface area contributed by atoms with Crippen molar-refractivity contribution >= 4 is 11.9 Å². The molecule has 2 N–H and O–H groups in total. The quantitative estimate of drug-likeness (QED) is 0.727. The van der Waals surface area contributed by atoms with Gasteiger partial charge in [0, 0.05) is 6.42 Å². The van der Waals surface area contributed by atoms with Gasteiger partial charge < -0.3 is 15.2 Å². The van der Waals surface area contributed by atoms with Crippen molar-refractivity contribution in [2.24, 2.45) is 0 Å². The van der Waals surface area contributed by atoms with Crippen LogP contribution >= 0.6 is 0 Å². The number of ether oxygens (including phenoxy) is 1. The van der Waals surface area contributed by atoms with E-state index in [4.69, 9.17) is 5.11 Å². The Balaban J connectivity index is 2.78. The van der Waals surface area contributed by atoms with Gasteiger partial charge in [-0.1, -0.05) is 12.1 Å². The molecule has 0 aromatic heterocycles. The monoisotopic (exact) mass is 255 g/mol. The maximum absolute atomic E-state index is 13.0. The largest absolute Gasteiger partial charge is 0.467 e. The third-order valence-electron chi connectivity index (χ3n) is 2.29. The molecule has 0 radical (unpaired) electrons. The van der Waals surface area contributed by atoms with Crippen molar-refractivity contribution in [1.29, 1.82) is 0 Å². The second kappa shape index (κ2) is 6.70. The molecular weight excluding hydrogens is 241 g/mol. The molecule has 5 nitrogen and oxygen atoms in total. The topological polar surface area (TPSA) is 75.6 Å². The summed E-state index contributed by atoms with van der Waals surface area (Å²) in [4.78, 5) is 22.5. The first-order valence-corrected chi connectivity index (χ1v) is 5.29. The van der Waals surface area contributed by atoms with E-state index in [1.807, 2.05) is 0 Å². The van der Waals surface area contributed by atoms with E-state index in [1.165, 1.54) is 25.3 Å². The molecule has 6 heteroatoms. The third kappa shape index (κ3) is 4.14. The van der Waals surface area contributed by atoms with Gasteiger partial charge in [-0.2, -0.15) is 0 Å². The van der Waals surface area contributed by atoms with Crippen LogP contribution in [-0.2, 0) is 20.7 Å². The lowest BCUT2D eigenvalue weighted by Gasteiger charge is -2.15. The Labute approximate surface area is 104 Å². The summed E-state index contributed by atoms with van der Waals surface area (Å²) in [6, 6.07) is 4.73. The van der Waals surface area contributed by atoms with E-state index in [0.29, 0.717) is 5.56 Å². The molecule has 0 aliphatic carbocycles. The average Bonchev–Trinajstić information content (AvgIpc) is 2.36. The fraction of sp³-hybridized carbons (Fsp3) is 0.333. The van der Waals surface area contributed by atoms with Crippen molar-refractivity contribution in [3.8, 4) is 0 Å². The van der Waals surface area contributed by atoms with Crippen LogP contribution in [0.25, 0.3) is 0 Å². The third-order valence-corrected chi connectivity index (χ3v) is 2.29. The summed E-state index contributed by atoms with van der Waals surface area (Å²) in [5.41, 5.74) is 0.545. The van der Waals surface area contributed by atoms with E-state index in [-0.39, 0.29) is 6.42 Å². The van der Waals surface area contributed by atoms with Gasteiger partial charge in [-0.15, -0.1) is 0 Å². The first-order chi connectivity index (χ1) is 8.56. The fourth-order valence-electron chi connectivity index (χ4n) is 1.48. The van der Waals surface area contributed by atoms with E-state index in [1.54, 1.807) is 6.07 Å². The Morgan fingerprint density at radius 2 is 2.22 bits per heavy atom. The summed E-state index contributed by atoms with van der Waals surface area (Å²) in [5, 5.41) is 10.9. The van der Waals surface area contributed by atoms with Gasteiger partial charge in [-0.25, -0.2) is 9.18 Å². The number of halogens is 1. The van der Waals surface area contributed by atoms with Crippen molar-refractivity contribution in [1.82, 2.24) is 5.32 Å². The van der Waals surface area contributed by atoms with Crippen LogP contribution < -0.4 is 5.32 Å². The predicted octanol–water partition coefficient (Wildman–Crippen LogP) is 0.0183. The summed E-state index contributed by atoms with van der Waals surface area (Å²) in [5.74, 6) is -1.77. The molecular formula is C12H14FNO4. The van der Waals surface area contributed by atoms with Crippen molar-refractivity contribution in [2.45, 2.75) is 12.5 Å². The second-order valence-corrected chi connectivity index (χ2v) is 3.64. The highest BCUT2D eigenvalue weighted by atomic mass is 19.1. The van der Waals surface area contributed by atoms with Crippen molar-refractivity contribution in [3.63, 3.8) is 0 Å². The van der Waals surface area contributed by atoms with Gasteiger partial charge in [0.2, 0.25) is 5.91 Å². The molecule has 0 heterocycles. The average molecular weight is 255 g/mol. The molecule has 0 saturated heterocycles. The summed E-state index contributed by atoms with van der Waals surface area (Å²) in [6.07, 6.45) is 0.0934. The second-order valence-electron chi connectivity index (χ2n) is 3.64. The molecule has 0 aliphatic heterocycles. The molecule has 1 aromatic carbocycles. The van der Waals surface area contributed by atoms with E-state index in [2.05, 4.69) is 10.1 Å². The van der Waals surface area contributed by atoms with E-state index < -0.39 is 30.3 Å². The summed E-state index contributed by atoms with van der Waals surface area (Å²) < 4.78 is 17.5. The van der Waals surface area contributed by atoms with Crippen LogP contribution in [0.2, 0.25) is 0 Å². The molecule has 0 unspecified atom stereocenters. The minimum Gasteiger partial charge on any atom is -0.467 e. The van der Waals surface area contributed by atoms with Crippen molar-refractivity contribution in [2.75, 3.05) is 13.7 Å². The number of esters is 1. The lowest BCUT2D eigenvalue weighted by Crippen LogP contribution is -2.44. The van der Waals surface area contributed by atoms with Crippen molar-refractivity contribution < 1.29 is 23.8 Å². The van der Waals surface area contributed by atoms with Gasteiger partial charge in [-0.3, -0.25) is 4.79 Å². The first-order valence-electron chi connectivity index (χ1n) is 5.29. The number of rotatable bonds is 5. The molecule has 18 heavy (non-hydrogen) atoms. The van der Waals surface area contributed by atoms with Crippen LogP contribution in [0.3, 0.4) is 0 Å². The van der Waals surface area contributed by atoms with Crippen LogP contribution in [0, 0.1) is 5.82 Å². The van der Waals surface area contributed by atoms with Crippen LogP contribution in [0.15, 0.2) is 24.3 Å². The molecule has 0 aliphatic rings. The maximum Gasteiger partial charge on any atom is 0.328 e. The van der Waals surface area contributed by atoms with E-state index in [0.717, 1.165) is 0 Å². The number of aliphatic hydroxyl groups excluding tert-OH is 1. The molecule has 0 bridgehead atoms. The molecule has 98 valence electrons. The lowest BCUT2D eigenvalue weighted by molar-refractivity contribution is -0.145. The van der Waals surface area contributed by atoms with E-state index >= 15 is 0 Å². The smallest absolute Gasteiger partial charge is 0.328 e. The molecule has 1 rings (SSSR count). The highest BCUT2D eigenvalue weighted by molar-refractivity contribution is 5.85. The van der Waals surface area contributed by atoms with Gasteiger partial charge in [0.05, 0.1) is 7.11 Å². The standard InChI is InChI=1S/C12H14FNO4/c1-18-12(17)10(14-11(16)7-15)6-8-3-2-4-9(13)5-8/h2-5,10,15H,6-7H2,1H3,(H,14,16)/t10-/m0/s1. The minimum absolute atomic E-state index is 0.0934. The Bertz CT molecular complexity index is 436. The summed E-state index contributed by atoms with van der Waals surface area (Å²) >= 11 is 0.